The smallest absolute Gasteiger partial charge is 0.257 e. The van der Waals surface area contributed by atoms with Crippen LogP contribution in [0.15, 0.2) is 54.9 Å². The number of halogens is 1. The summed E-state index contributed by atoms with van der Waals surface area (Å²) in [4.78, 5) is 25.0. The average Bonchev–Trinajstić information content (AvgIpc) is 3.52. The molecular formula is C27H27ClN4O3. The van der Waals surface area contributed by atoms with Crippen LogP contribution in [0.25, 0.3) is 33.3 Å². The van der Waals surface area contributed by atoms with Crippen LogP contribution in [0.3, 0.4) is 0 Å². The molecule has 0 unspecified atom stereocenters. The molecule has 1 atom stereocenters. The summed E-state index contributed by atoms with van der Waals surface area (Å²) in [5, 5.41) is 11.7. The van der Waals surface area contributed by atoms with Crippen LogP contribution in [0.2, 0.25) is 5.02 Å². The Hall–Kier alpha value is -3.55. The number of H-pyrrole nitrogens is 1. The third kappa shape index (κ3) is 4.22. The van der Waals surface area contributed by atoms with Crippen molar-refractivity contribution < 1.29 is 14.6 Å². The maximum Gasteiger partial charge on any atom is 0.257 e. The van der Waals surface area contributed by atoms with E-state index in [1.165, 1.54) is 0 Å². The van der Waals surface area contributed by atoms with Crippen LogP contribution >= 0.6 is 11.6 Å². The topological polar surface area (TPSA) is 81.7 Å². The van der Waals surface area contributed by atoms with Gasteiger partial charge in [0, 0.05) is 53.6 Å². The van der Waals surface area contributed by atoms with E-state index in [-0.39, 0.29) is 22.2 Å². The minimum atomic E-state index is -0.221. The summed E-state index contributed by atoms with van der Waals surface area (Å²) < 4.78 is 5.55. The van der Waals surface area contributed by atoms with Crippen molar-refractivity contribution in [2.45, 2.75) is 12.5 Å². The SMILES string of the molecule is COc1ccccc1-c1c[nH]c2ncc(-c3cc(Cl)c(O)c(C(=O)N4CC[C@H](N(C)C)C4)c3)cc12. The fraction of sp³-hybridized carbons (Fsp3) is 0.259. The molecule has 5 rings (SSSR count). The van der Waals surface area contributed by atoms with E-state index in [0.717, 1.165) is 39.9 Å². The molecule has 2 aromatic carbocycles. The molecule has 0 aliphatic carbocycles. The molecular weight excluding hydrogens is 464 g/mol. The van der Waals surface area contributed by atoms with Crippen LogP contribution in [-0.4, -0.2) is 71.1 Å². The number of rotatable bonds is 5. The van der Waals surface area contributed by atoms with E-state index in [1.54, 1.807) is 30.3 Å². The number of methoxy groups -OCH3 is 1. The molecule has 180 valence electrons. The number of hydrogen-bond donors (Lipinski definition) is 2. The molecule has 35 heavy (non-hydrogen) atoms. The maximum absolute atomic E-state index is 13.3. The predicted octanol–water partition coefficient (Wildman–Crippen LogP) is 5.04. The number of pyridine rings is 1. The van der Waals surface area contributed by atoms with Crippen molar-refractivity contribution in [1.29, 1.82) is 0 Å². The first-order valence-electron chi connectivity index (χ1n) is 11.5. The van der Waals surface area contributed by atoms with Gasteiger partial charge in [-0.15, -0.1) is 0 Å². The molecule has 1 aliphatic rings. The molecule has 1 fully saturated rings. The molecule has 2 aromatic heterocycles. The van der Waals surface area contributed by atoms with Crippen molar-refractivity contribution in [3.8, 4) is 33.8 Å². The lowest BCUT2D eigenvalue weighted by molar-refractivity contribution is 0.0780. The molecule has 0 saturated carbocycles. The van der Waals surface area contributed by atoms with Crippen molar-refractivity contribution in [2.75, 3.05) is 34.3 Å². The van der Waals surface area contributed by atoms with Gasteiger partial charge >= 0.3 is 0 Å². The van der Waals surface area contributed by atoms with Crippen molar-refractivity contribution in [1.82, 2.24) is 19.8 Å². The summed E-state index contributed by atoms with van der Waals surface area (Å²) in [5.74, 6) is 0.348. The van der Waals surface area contributed by atoms with Crippen molar-refractivity contribution in [3.05, 3.63) is 65.4 Å². The largest absolute Gasteiger partial charge is 0.506 e. The number of aromatic hydroxyl groups is 1. The van der Waals surface area contributed by atoms with Crippen LogP contribution in [-0.2, 0) is 0 Å². The number of phenols is 1. The second-order valence-electron chi connectivity index (χ2n) is 9.03. The fourth-order valence-electron chi connectivity index (χ4n) is 4.70. The first-order chi connectivity index (χ1) is 16.9. The number of aromatic nitrogens is 2. The van der Waals surface area contributed by atoms with Gasteiger partial charge in [-0.25, -0.2) is 4.98 Å². The summed E-state index contributed by atoms with van der Waals surface area (Å²) in [6.45, 7) is 1.26. The Balaban J connectivity index is 1.55. The van der Waals surface area contributed by atoms with Crippen LogP contribution in [0.5, 0.6) is 11.5 Å². The number of amides is 1. The Morgan fingerprint density at radius 3 is 2.74 bits per heavy atom. The van der Waals surface area contributed by atoms with Gasteiger partial charge in [0.2, 0.25) is 0 Å². The highest BCUT2D eigenvalue weighted by atomic mass is 35.5. The molecule has 1 saturated heterocycles. The first kappa shape index (κ1) is 23.2. The monoisotopic (exact) mass is 490 g/mol. The number of nitrogens with zero attached hydrogens (tertiary/aromatic N) is 3. The number of likely N-dealkylation sites (N-methyl/N-ethyl adjacent to an activating group) is 1. The van der Waals surface area contributed by atoms with Gasteiger partial charge in [0.1, 0.15) is 17.1 Å². The van der Waals surface area contributed by atoms with Gasteiger partial charge in [0.25, 0.3) is 5.91 Å². The Morgan fingerprint density at radius 2 is 2.00 bits per heavy atom. The van der Waals surface area contributed by atoms with Crippen molar-refractivity contribution in [3.63, 3.8) is 0 Å². The lowest BCUT2D eigenvalue weighted by Gasteiger charge is -2.21. The molecule has 0 bridgehead atoms. The summed E-state index contributed by atoms with van der Waals surface area (Å²) in [7, 11) is 5.67. The fourth-order valence-corrected chi connectivity index (χ4v) is 4.92. The lowest BCUT2D eigenvalue weighted by atomic mass is 10.00. The van der Waals surface area contributed by atoms with E-state index in [9.17, 15) is 9.90 Å². The third-order valence-corrected chi connectivity index (χ3v) is 7.02. The minimum Gasteiger partial charge on any atom is -0.506 e. The zero-order chi connectivity index (χ0) is 24.7. The Kier molecular flexibility index (Phi) is 6.13. The molecule has 1 amide bonds. The molecule has 8 heteroatoms. The highest BCUT2D eigenvalue weighted by Crippen LogP contribution is 2.38. The van der Waals surface area contributed by atoms with E-state index in [1.807, 2.05) is 50.6 Å². The Morgan fingerprint density at radius 1 is 1.20 bits per heavy atom. The van der Waals surface area contributed by atoms with Gasteiger partial charge in [0.15, 0.2) is 0 Å². The molecule has 3 heterocycles. The Labute approximate surface area is 208 Å². The normalized spacial score (nSPS) is 15.8. The highest BCUT2D eigenvalue weighted by Gasteiger charge is 2.30. The van der Waals surface area contributed by atoms with E-state index in [2.05, 4.69) is 14.9 Å². The molecule has 1 aliphatic heterocycles. The quantitative estimate of drug-likeness (QED) is 0.409. The number of hydrogen-bond acceptors (Lipinski definition) is 5. The molecule has 0 radical (unpaired) electrons. The maximum atomic E-state index is 13.3. The number of ether oxygens (including phenoxy) is 1. The summed E-state index contributed by atoms with van der Waals surface area (Å²) in [6, 6.07) is 13.5. The van der Waals surface area contributed by atoms with Gasteiger partial charge < -0.3 is 24.6 Å². The number of likely N-dealkylation sites (tertiary alicyclic amines) is 1. The molecule has 4 aromatic rings. The number of para-hydroxylation sites is 1. The summed E-state index contributed by atoms with van der Waals surface area (Å²) in [5.41, 5.74) is 4.34. The van der Waals surface area contributed by atoms with Gasteiger partial charge in [-0.2, -0.15) is 0 Å². The van der Waals surface area contributed by atoms with Gasteiger partial charge in [-0.1, -0.05) is 29.8 Å². The second-order valence-corrected chi connectivity index (χ2v) is 9.44. The number of phenolic OH excluding ortho intramolecular Hbond substituents is 1. The van der Waals surface area contributed by atoms with Gasteiger partial charge in [-0.05, 0) is 50.3 Å². The molecule has 2 N–H and O–H groups in total. The Bertz CT molecular complexity index is 1420. The van der Waals surface area contributed by atoms with Crippen LogP contribution in [0.1, 0.15) is 16.8 Å². The zero-order valence-corrected chi connectivity index (χ0v) is 20.6. The van der Waals surface area contributed by atoms with E-state index < -0.39 is 0 Å². The van der Waals surface area contributed by atoms with E-state index >= 15 is 0 Å². The standard InChI is InChI=1S/C27H27ClN4O3/c1-31(2)18-8-9-32(15-18)27(34)21-10-16(12-23(28)25(21)33)17-11-20-22(14-30-26(20)29-13-17)19-6-4-5-7-24(19)35-3/h4-7,10-14,18,33H,8-9,15H2,1-3H3,(H,29,30)/t18-/m0/s1. The van der Waals surface area contributed by atoms with Crippen LogP contribution in [0.4, 0.5) is 0 Å². The zero-order valence-electron chi connectivity index (χ0n) is 19.9. The lowest BCUT2D eigenvalue weighted by Crippen LogP contribution is -2.34. The predicted molar refractivity (Wildman–Crippen MR) is 138 cm³/mol. The number of fused-ring (bicyclic) bond motifs is 1. The number of carbonyl (C=O) groups excluding carboxylic acids is 1. The molecule has 7 nitrogen and oxygen atoms in total. The van der Waals surface area contributed by atoms with Crippen LogP contribution < -0.4 is 4.74 Å². The van der Waals surface area contributed by atoms with Crippen LogP contribution in [0, 0.1) is 0 Å². The van der Waals surface area contributed by atoms with Gasteiger partial charge in [0.05, 0.1) is 17.7 Å². The highest BCUT2D eigenvalue weighted by molar-refractivity contribution is 6.33. The molecule has 0 spiro atoms. The number of benzene rings is 2. The van der Waals surface area contributed by atoms with E-state index in [0.29, 0.717) is 24.7 Å². The van der Waals surface area contributed by atoms with E-state index in [4.69, 9.17) is 16.3 Å². The number of carbonyl (C=O) groups is 1. The first-order valence-corrected chi connectivity index (χ1v) is 11.8. The summed E-state index contributed by atoms with van der Waals surface area (Å²) in [6.07, 6.45) is 4.54. The van der Waals surface area contributed by atoms with Gasteiger partial charge in [-0.3, -0.25) is 4.79 Å². The second kappa shape index (κ2) is 9.24. The van der Waals surface area contributed by atoms with Crippen molar-refractivity contribution >= 4 is 28.5 Å². The number of nitrogens with one attached hydrogen (secondary N) is 1. The van der Waals surface area contributed by atoms with Crippen molar-refractivity contribution in [2.24, 2.45) is 0 Å². The third-order valence-electron chi connectivity index (χ3n) is 6.74. The average molecular weight is 491 g/mol. The summed E-state index contributed by atoms with van der Waals surface area (Å²) >= 11 is 6.39. The minimum absolute atomic E-state index is 0.133. The number of aromatic amines is 1.